The Morgan fingerprint density at radius 2 is 1.57 bits per heavy atom. The summed E-state index contributed by atoms with van der Waals surface area (Å²) in [5.74, 6) is -2.63. The molecule has 0 unspecified atom stereocenters. The summed E-state index contributed by atoms with van der Waals surface area (Å²) in [6.45, 7) is 13.5. The Hall–Kier alpha value is -0.0431. The Morgan fingerprint density at radius 3 is 2.05 bits per heavy atom. The zero-order valence-corrected chi connectivity index (χ0v) is 15.5. The van der Waals surface area contributed by atoms with Gasteiger partial charge >= 0.3 is 0 Å². The van der Waals surface area contributed by atoms with Crippen molar-refractivity contribution in [2.24, 2.45) is 5.73 Å². The molecule has 0 bridgehead atoms. The zero-order valence-electron chi connectivity index (χ0n) is 14.5. The fourth-order valence-corrected chi connectivity index (χ4v) is 2.52. The molecule has 0 fully saturated rings. The fourth-order valence-electron chi connectivity index (χ4n) is 1.49. The average molecular weight is 326 g/mol. The van der Waals surface area contributed by atoms with Crippen LogP contribution in [0.25, 0.3) is 0 Å². The Labute approximate surface area is 129 Å². The molecule has 0 spiro atoms. The lowest BCUT2D eigenvalue weighted by Gasteiger charge is -2.36. The maximum atomic E-state index is 12.7. The highest BCUT2D eigenvalue weighted by Crippen LogP contribution is 2.36. The van der Waals surface area contributed by atoms with Crippen LogP contribution < -0.4 is 5.73 Å². The van der Waals surface area contributed by atoms with E-state index < -0.39 is 14.2 Å². The maximum Gasteiger partial charge on any atom is 0.245 e. The molecule has 0 rings (SSSR count). The van der Waals surface area contributed by atoms with E-state index in [1.807, 2.05) is 0 Å². The molecule has 0 aromatic rings. The minimum absolute atomic E-state index is 0.164. The SMILES string of the molecule is CC(F)(F)CC[C@H](N)CCOCCO[Si](C)(C)C(C)(C)C. The molecule has 0 radical (unpaired) electrons. The van der Waals surface area contributed by atoms with Crippen molar-refractivity contribution < 1.29 is 17.9 Å². The number of hydrogen-bond donors (Lipinski definition) is 1. The summed E-state index contributed by atoms with van der Waals surface area (Å²) in [7, 11) is -1.71. The van der Waals surface area contributed by atoms with Crippen LogP contribution in [-0.4, -0.2) is 40.1 Å². The molecule has 2 N–H and O–H groups in total. The summed E-state index contributed by atoms with van der Waals surface area (Å²) < 4.78 is 36.8. The van der Waals surface area contributed by atoms with Crippen molar-refractivity contribution in [2.45, 2.75) is 77.1 Å². The lowest BCUT2D eigenvalue weighted by atomic mass is 10.1. The van der Waals surface area contributed by atoms with Gasteiger partial charge in [0, 0.05) is 19.1 Å². The van der Waals surface area contributed by atoms with Crippen molar-refractivity contribution in [2.75, 3.05) is 19.8 Å². The molecule has 3 nitrogen and oxygen atoms in total. The molecule has 0 aliphatic heterocycles. The monoisotopic (exact) mass is 325 g/mol. The largest absolute Gasteiger partial charge is 0.414 e. The van der Waals surface area contributed by atoms with Gasteiger partial charge in [0.1, 0.15) is 0 Å². The van der Waals surface area contributed by atoms with Crippen LogP contribution in [0.5, 0.6) is 0 Å². The van der Waals surface area contributed by atoms with Crippen LogP contribution in [0.15, 0.2) is 0 Å². The van der Waals surface area contributed by atoms with Gasteiger partial charge in [-0.3, -0.25) is 0 Å². The van der Waals surface area contributed by atoms with Gasteiger partial charge in [-0.15, -0.1) is 0 Å². The van der Waals surface area contributed by atoms with Gasteiger partial charge < -0.3 is 14.9 Å². The molecule has 128 valence electrons. The highest BCUT2D eigenvalue weighted by molar-refractivity contribution is 6.74. The Kier molecular flexibility index (Phi) is 8.54. The summed E-state index contributed by atoms with van der Waals surface area (Å²) in [4.78, 5) is 0. The molecule has 0 amide bonds. The van der Waals surface area contributed by atoms with E-state index in [0.29, 0.717) is 32.7 Å². The van der Waals surface area contributed by atoms with Crippen molar-refractivity contribution >= 4 is 8.32 Å². The fraction of sp³-hybridized carbons (Fsp3) is 1.00. The highest BCUT2D eigenvalue weighted by atomic mass is 28.4. The van der Waals surface area contributed by atoms with E-state index in [-0.39, 0.29) is 17.5 Å². The van der Waals surface area contributed by atoms with Crippen molar-refractivity contribution in [3.05, 3.63) is 0 Å². The van der Waals surface area contributed by atoms with Gasteiger partial charge in [0.2, 0.25) is 5.92 Å². The maximum absolute atomic E-state index is 12.7. The van der Waals surface area contributed by atoms with Gasteiger partial charge in [0.15, 0.2) is 8.32 Å². The Bertz CT molecular complexity index is 288. The minimum atomic E-state index is -2.63. The molecule has 0 aromatic heterocycles. The summed E-state index contributed by atoms with van der Waals surface area (Å²) in [6, 6.07) is -0.225. The van der Waals surface area contributed by atoms with Crippen LogP contribution in [0.3, 0.4) is 0 Å². The number of nitrogens with two attached hydrogens (primary N) is 1. The second-order valence-corrected chi connectivity index (χ2v) is 12.2. The lowest BCUT2D eigenvalue weighted by molar-refractivity contribution is 0.00798. The van der Waals surface area contributed by atoms with Gasteiger partial charge in [-0.2, -0.15) is 0 Å². The number of ether oxygens (including phenoxy) is 1. The van der Waals surface area contributed by atoms with Gasteiger partial charge in [0.25, 0.3) is 0 Å². The standard InChI is InChI=1S/C15H33F2NO2Si/c1-14(2,3)21(5,6)20-12-11-19-10-8-13(18)7-9-15(4,16)17/h13H,7-12,18H2,1-6H3/t13-/m0/s1. The molecule has 0 heterocycles. The summed E-state index contributed by atoms with van der Waals surface area (Å²) in [5.41, 5.74) is 5.78. The zero-order chi connectivity index (χ0) is 16.7. The van der Waals surface area contributed by atoms with Crippen molar-refractivity contribution in [1.29, 1.82) is 0 Å². The summed E-state index contributed by atoms with van der Waals surface area (Å²) >= 11 is 0. The highest BCUT2D eigenvalue weighted by Gasteiger charge is 2.36. The average Bonchev–Trinajstić information content (AvgIpc) is 2.28. The van der Waals surface area contributed by atoms with E-state index in [1.165, 1.54) is 0 Å². The van der Waals surface area contributed by atoms with Crippen LogP contribution in [0.1, 0.15) is 47.0 Å². The first-order chi connectivity index (χ1) is 9.35. The third-order valence-electron chi connectivity index (χ3n) is 4.08. The minimum Gasteiger partial charge on any atom is -0.414 e. The molecule has 1 atom stereocenters. The van der Waals surface area contributed by atoms with Crippen LogP contribution in [0, 0.1) is 0 Å². The molecule has 21 heavy (non-hydrogen) atoms. The number of halogens is 2. The van der Waals surface area contributed by atoms with E-state index >= 15 is 0 Å². The molecule has 0 aromatic carbocycles. The molecule has 6 heteroatoms. The summed E-state index contributed by atoms with van der Waals surface area (Å²) in [6.07, 6.45) is 0.770. The van der Waals surface area contributed by atoms with Crippen LogP contribution in [0.4, 0.5) is 8.78 Å². The third kappa shape index (κ3) is 10.3. The second-order valence-electron chi connectivity index (χ2n) is 7.38. The molecule has 0 aliphatic carbocycles. The first-order valence-corrected chi connectivity index (χ1v) is 10.6. The quantitative estimate of drug-likeness (QED) is 0.484. The molecule has 0 aliphatic rings. The van der Waals surface area contributed by atoms with E-state index in [4.69, 9.17) is 14.9 Å². The molecular weight excluding hydrogens is 292 g/mol. The number of hydrogen-bond acceptors (Lipinski definition) is 3. The Balaban J connectivity index is 3.65. The van der Waals surface area contributed by atoms with Crippen LogP contribution >= 0.6 is 0 Å². The first-order valence-electron chi connectivity index (χ1n) is 7.70. The lowest BCUT2D eigenvalue weighted by Crippen LogP contribution is -2.41. The number of rotatable bonds is 10. The predicted molar refractivity (Wildman–Crippen MR) is 86.4 cm³/mol. The van der Waals surface area contributed by atoms with Gasteiger partial charge in [0.05, 0.1) is 13.2 Å². The van der Waals surface area contributed by atoms with E-state index in [9.17, 15) is 8.78 Å². The van der Waals surface area contributed by atoms with Crippen LogP contribution in [0.2, 0.25) is 18.1 Å². The van der Waals surface area contributed by atoms with E-state index in [0.717, 1.165) is 6.92 Å². The molecular formula is C15H33F2NO2Si. The van der Waals surface area contributed by atoms with E-state index in [2.05, 4.69) is 33.9 Å². The predicted octanol–water partition coefficient (Wildman–Crippen LogP) is 4.18. The normalized spacial score (nSPS) is 15.3. The second kappa shape index (κ2) is 8.55. The summed E-state index contributed by atoms with van der Waals surface area (Å²) in [5, 5.41) is 0.195. The topological polar surface area (TPSA) is 44.5 Å². The van der Waals surface area contributed by atoms with Gasteiger partial charge in [-0.1, -0.05) is 20.8 Å². The van der Waals surface area contributed by atoms with E-state index in [1.54, 1.807) is 0 Å². The Morgan fingerprint density at radius 1 is 1.00 bits per heavy atom. The third-order valence-corrected chi connectivity index (χ3v) is 8.62. The number of alkyl halides is 2. The van der Waals surface area contributed by atoms with Gasteiger partial charge in [-0.25, -0.2) is 8.78 Å². The molecule has 0 saturated carbocycles. The van der Waals surface area contributed by atoms with Gasteiger partial charge in [-0.05, 0) is 37.9 Å². The van der Waals surface area contributed by atoms with Crippen molar-refractivity contribution in [1.82, 2.24) is 0 Å². The molecule has 0 saturated heterocycles. The smallest absolute Gasteiger partial charge is 0.245 e. The van der Waals surface area contributed by atoms with Crippen LogP contribution in [-0.2, 0) is 9.16 Å². The van der Waals surface area contributed by atoms with Crippen molar-refractivity contribution in [3.8, 4) is 0 Å². The first kappa shape index (κ1) is 21.0. The van der Waals surface area contributed by atoms with Crippen molar-refractivity contribution in [3.63, 3.8) is 0 Å².